The van der Waals surface area contributed by atoms with Crippen LogP contribution in [0.2, 0.25) is 0 Å². The zero-order valence-corrected chi connectivity index (χ0v) is 43.6. The van der Waals surface area contributed by atoms with Crippen LogP contribution in [-0.2, 0) is 50.7 Å². The fraction of sp³-hybridized carbons (Fsp3) is 0.600. The molecule has 7 unspecified atom stereocenters. The third-order valence-electron chi connectivity index (χ3n) is 7.02. The Morgan fingerprint density at radius 2 is 1.68 bits per heavy atom. The molecule has 57 heavy (non-hydrogen) atoms. The number of nitrogen functional groups attached to an aromatic ring is 1. The Bertz CT molecular complexity index is 1810. The van der Waals surface area contributed by atoms with E-state index in [0.717, 1.165) is 29.0 Å². The topological polar surface area (TPSA) is 375 Å². The number of phosphoric ester groups is 3. The molecule has 1 aliphatic heterocycles. The van der Waals surface area contributed by atoms with Crippen molar-refractivity contribution in [1.82, 2.24) is 30.2 Å². The van der Waals surface area contributed by atoms with Gasteiger partial charge in [0.05, 0.1) is 27.4 Å². The second-order valence-electron chi connectivity index (χ2n) is 11.7. The van der Waals surface area contributed by atoms with Crippen LogP contribution in [0.5, 0.6) is 0 Å². The number of phosphoric acid groups is 3. The second-order valence-corrected chi connectivity index (χ2v) is 16.8. The maximum atomic E-state index is 12.5. The SMILES string of the molecule is CC=CC(=O)SCCNC(=O)CCNC(=O)C(O)C(C)(C)COP(=O)([O-])OP(=O)([O-])OCC1OC(n2cnc3c(N)ncnc32)C(O)C1OP(=O)([O-])[O-].[Na+].[Na+].[Na+].[Na+]. The summed E-state index contributed by atoms with van der Waals surface area (Å²) in [5.74, 6) is -1.24. The first-order valence-electron chi connectivity index (χ1n) is 15.2. The Morgan fingerprint density at radius 3 is 2.30 bits per heavy atom. The van der Waals surface area contributed by atoms with E-state index in [1.54, 1.807) is 13.0 Å². The van der Waals surface area contributed by atoms with Crippen molar-refractivity contribution in [3.63, 3.8) is 0 Å². The molecule has 0 saturated carbocycles. The third-order valence-corrected chi connectivity index (χ3v) is 10.9. The molecule has 0 bridgehead atoms. The molecule has 1 saturated heterocycles. The molecular weight excluding hydrogens is 887 g/mol. The molecule has 3 heterocycles. The predicted molar refractivity (Wildman–Crippen MR) is 173 cm³/mol. The number of hydrogen-bond donors (Lipinski definition) is 5. The van der Waals surface area contributed by atoms with Gasteiger partial charge in [0.2, 0.25) is 16.9 Å². The number of thioether (sulfide) groups is 1. The number of aliphatic hydroxyl groups is 2. The molecule has 1 aliphatic rings. The number of allylic oxidation sites excluding steroid dienone is 1. The molecule has 0 aliphatic carbocycles. The summed E-state index contributed by atoms with van der Waals surface area (Å²) in [6.45, 7) is 1.76. The van der Waals surface area contributed by atoms with Gasteiger partial charge < -0.3 is 69.0 Å². The summed E-state index contributed by atoms with van der Waals surface area (Å²) >= 11 is 0.996. The van der Waals surface area contributed by atoms with Crippen LogP contribution in [0.1, 0.15) is 33.4 Å². The Hall–Kier alpha value is 1.30. The van der Waals surface area contributed by atoms with Crippen molar-refractivity contribution in [2.75, 3.05) is 37.8 Å². The number of anilines is 1. The van der Waals surface area contributed by atoms with Crippen LogP contribution >= 0.6 is 35.2 Å². The van der Waals surface area contributed by atoms with Gasteiger partial charge >= 0.3 is 118 Å². The van der Waals surface area contributed by atoms with Gasteiger partial charge in [0.25, 0.3) is 15.6 Å². The number of imidazole rings is 1. The minimum atomic E-state index is -5.91. The number of carbonyl (C=O) groups is 3. The maximum absolute atomic E-state index is 12.5. The number of ether oxygens (including phenoxy) is 1. The Kier molecular flexibility index (Phi) is 28.4. The summed E-state index contributed by atoms with van der Waals surface area (Å²) in [4.78, 5) is 95.1. The van der Waals surface area contributed by atoms with Gasteiger partial charge in [0.1, 0.15) is 36.3 Å². The minimum absolute atomic E-state index is 0. The van der Waals surface area contributed by atoms with Gasteiger partial charge in [0, 0.05) is 30.7 Å². The summed E-state index contributed by atoms with van der Waals surface area (Å²) < 4.78 is 60.3. The van der Waals surface area contributed by atoms with Crippen LogP contribution in [0.4, 0.5) is 5.82 Å². The summed E-state index contributed by atoms with van der Waals surface area (Å²) in [6.07, 6.45) is -4.63. The van der Waals surface area contributed by atoms with Gasteiger partial charge in [-0.05, 0) is 13.0 Å². The molecule has 0 aromatic carbocycles. The molecule has 298 valence electrons. The predicted octanol–water partition coefficient (Wildman–Crippen LogP) is -15.3. The van der Waals surface area contributed by atoms with Gasteiger partial charge in [-0.2, -0.15) is 0 Å². The molecule has 24 nitrogen and oxygen atoms in total. The van der Waals surface area contributed by atoms with Crippen molar-refractivity contribution in [2.45, 2.75) is 57.8 Å². The average molecular weight is 924 g/mol. The monoisotopic (exact) mass is 923 g/mol. The molecule has 3 rings (SSSR count). The largest absolute Gasteiger partial charge is 1.00 e. The number of carbonyl (C=O) groups excluding carboxylic acids is 3. The molecule has 7 atom stereocenters. The third kappa shape index (κ3) is 19.7. The molecular formula is C25H36N7Na4O17P3S. The van der Waals surface area contributed by atoms with Gasteiger partial charge in [-0.25, -0.2) is 19.3 Å². The van der Waals surface area contributed by atoms with E-state index in [1.165, 1.54) is 19.9 Å². The van der Waals surface area contributed by atoms with E-state index in [4.69, 9.17) is 10.5 Å². The van der Waals surface area contributed by atoms with E-state index in [0.29, 0.717) is 5.75 Å². The minimum Gasteiger partial charge on any atom is -0.790 e. The Labute approximate surface area is 418 Å². The van der Waals surface area contributed by atoms with Crippen LogP contribution in [0.3, 0.4) is 0 Å². The quantitative estimate of drug-likeness (QED) is 0.0356. The van der Waals surface area contributed by atoms with Crippen LogP contribution < -0.4 is 154 Å². The molecule has 1 fully saturated rings. The Balaban J connectivity index is 0. The normalized spacial score (nSPS) is 20.8. The average Bonchev–Trinajstić information content (AvgIpc) is 3.61. The summed E-state index contributed by atoms with van der Waals surface area (Å²) in [7, 11) is -17.6. The number of nitrogens with one attached hydrogen (secondary N) is 2. The number of nitrogens with two attached hydrogens (primary N) is 1. The van der Waals surface area contributed by atoms with E-state index in [1.807, 2.05) is 0 Å². The van der Waals surface area contributed by atoms with E-state index in [2.05, 4.69) is 43.5 Å². The summed E-state index contributed by atoms with van der Waals surface area (Å²) in [5, 5.41) is 25.9. The molecule has 2 aromatic rings. The van der Waals surface area contributed by atoms with E-state index in [-0.39, 0.29) is 160 Å². The fourth-order valence-corrected chi connectivity index (χ4v) is 7.82. The molecule has 32 heteroatoms. The molecule has 0 radical (unpaired) electrons. The van der Waals surface area contributed by atoms with E-state index in [9.17, 15) is 57.9 Å². The van der Waals surface area contributed by atoms with Gasteiger partial charge in [0.15, 0.2) is 17.7 Å². The first-order chi connectivity index (χ1) is 24.6. The smallest absolute Gasteiger partial charge is 0.790 e. The number of hydrogen-bond acceptors (Lipinski definition) is 22. The second kappa shape index (κ2) is 26.8. The van der Waals surface area contributed by atoms with Crippen LogP contribution in [-0.4, -0.2) is 103 Å². The maximum Gasteiger partial charge on any atom is 1.00 e. The van der Waals surface area contributed by atoms with Gasteiger partial charge in [-0.3, -0.25) is 28.1 Å². The molecule has 6 N–H and O–H groups in total. The number of fused-ring (bicyclic) bond motifs is 1. The van der Waals surface area contributed by atoms with E-state index < -0.39 is 84.6 Å². The zero-order valence-electron chi connectivity index (χ0n) is 32.1. The first kappa shape index (κ1) is 60.4. The van der Waals surface area contributed by atoms with Gasteiger partial charge in [-0.1, -0.05) is 31.7 Å². The number of aromatic nitrogens is 4. The summed E-state index contributed by atoms with van der Waals surface area (Å²) in [5.41, 5.74) is 4.06. The van der Waals surface area contributed by atoms with Crippen molar-refractivity contribution in [2.24, 2.45) is 5.41 Å². The standard InChI is InChI=1S/C25H40N7O17P3S.4Na/c1-4-5-16(34)53-9-8-27-15(33)6-7-28-23(37)20(36)25(2,3)11-46-52(43,44)49-51(41,42)45-10-14-19(48-50(38,39)40)18(35)24(47-14)32-13-31-17-21(26)29-12-30-22(17)32;;;;/h4-5,12-14,18-20,24,35-36H,6-11H2,1-3H3,(H,27,33)(H,28,37)(H,41,42)(H,43,44)(H2,26,29,30)(H2,38,39,40);;;;/q;4*+1/p-4. The number of aliphatic hydroxyl groups excluding tert-OH is 2. The van der Waals surface area contributed by atoms with Crippen molar-refractivity contribution in [3.05, 3.63) is 24.8 Å². The van der Waals surface area contributed by atoms with Crippen molar-refractivity contribution >= 4 is 69.1 Å². The Morgan fingerprint density at radius 1 is 1.05 bits per heavy atom. The van der Waals surface area contributed by atoms with Crippen molar-refractivity contribution in [3.8, 4) is 0 Å². The zero-order chi connectivity index (χ0) is 39.8. The number of rotatable bonds is 20. The van der Waals surface area contributed by atoms with Crippen LogP contribution in [0, 0.1) is 5.41 Å². The number of amides is 2. The van der Waals surface area contributed by atoms with Crippen LogP contribution in [0.25, 0.3) is 11.2 Å². The van der Waals surface area contributed by atoms with Gasteiger partial charge in [-0.15, -0.1) is 0 Å². The fourth-order valence-electron chi connectivity index (χ4n) is 4.44. The molecule has 2 amide bonds. The van der Waals surface area contributed by atoms with Crippen molar-refractivity contribution in [1.29, 1.82) is 0 Å². The molecule has 0 spiro atoms. The molecule has 2 aromatic heterocycles. The number of nitrogens with zero attached hydrogens (tertiary/aromatic N) is 4. The van der Waals surface area contributed by atoms with E-state index >= 15 is 0 Å². The van der Waals surface area contributed by atoms with Crippen LogP contribution in [0.15, 0.2) is 24.8 Å². The first-order valence-corrected chi connectivity index (χ1v) is 20.5. The summed E-state index contributed by atoms with van der Waals surface area (Å²) in [6, 6.07) is 0. The van der Waals surface area contributed by atoms with Crippen molar-refractivity contribution < 1.29 is 199 Å².